The average molecular weight is 764 g/mol. The van der Waals surface area contributed by atoms with E-state index in [2.05, 4.69) is 222 Å². The van der Waals surface area contributed by atoms with Gasteiger partial charge in [0.15, 0.2) is 0 Å². The molecule has 8 aromatic carbocycles. The molecule has 0 N–H and O–H groups in total. The zero-order chi connectivity index (χ0) is 41.1. The van der Waals surface area contributed by atoms with Gasteiger partial charge in [-0.2, -0.15) is 0 Å². The van der Waals surface area contributed by atoms with Crippen molar-refractivity contribution in [3.05, 3.63) is 209 Å². The Kier molecular flexibility index (Phi) is 9.52. The zero-order valence-corrected chi connectivity index (χ0v) is 35.7. The van der Waals surface area contributed by atoms with Crippen LogP contribution >= 0.6 is 0 Å². The molecule has 2 aliphatic carbocycles. The van der Waals surface area contributed by atoms with Crippen LogP contribution in [0, 0.1) is 13.8 Å². The van der Waals surface area contributed by atoms with Crippen LogP contribution in [0.5, 0.6) is 0 Å². The maximum absolute atomic E-state index is 2.51. The third kappa shape index (κ3) is 6.14. The molecule has 0 aromatic heterocycles. The van der Waals surface area contributed by atoms with Crippen molar-refractivity contribution in [1.29, 1.82) is 0 Å². The van der Waals surface area contributed by atoms with Crippen molar-refractivity contribution in [2.45, 2.75) is 66.2 Å². The van der Waals surface area contributed by atoms with Crippen molar-refractivity contribution >= 4 is 17.1 Å². The molecule has 0 fully saturated rings. The van der Waals surface area contributed by atoms with Crippen LogP contribution < -0.4 is 4.90 Å². The van der Waals surface area contributed by atoms with Gasteiger partial charge >= 0.3 is 0 Å². The maximum Gasteiger partial charge on any atom is 0.0543 e. The first-order valence-corrected chi connectivity index (χ1v) is 21.3. The molecule has 0 aliphatic heterocycles. The summed E-state index contributed by atoms with van der Waals surface area (Å²) < 4.78 is 0. The second kappa shape index (κ2) is 14.7. The Morgan fingerprint density at radius 1 is 0.339 bits per heavy atom. The Morgan fingerprint density at radius 2 is 0.847 bits per heavy atom. The van der Waals surface area contributed by atoms with Crippen LogP contribution in [0.4, 0.5) is 17.1 Å². The number of nitrogens with zero attached hydrogens (tertiary/aromatic N) is 1. The van der Waals surface area contributed by atoms with Gasteiger partial charge in [-0.1, -0.05) is 187 Å². The summed E-state index contributed by atoms with van der Waals surface area (Å²) in [5.41, 5.74) is 24.2. The lowest BCUT2D eigenvalue weighted by atomic mass is 9.82. The van der Waals surface area contributed by atoms with E-state index in [9.17, 15) is 0 Å². The van der Waals surface area contributed by atoms with Crippen molar-refractivity contribution in [1.82, 2.24) is 0 Å². The van der Waals surface area contributed by atoms with E-state index < -0.39 is 0 Å². The number of para-hydroxylation sites is 1. The Morgan fingerprint density at radius 3 is 1.56 bits per heavy atom. The van der Waals surface area contributed by atoms with Crippen molar-refractivity contribution in [2.75, 3.05) is 4.90 Å². The number of aryl methyl sites for hydroxylation is 2. The molecular weight excluding hydrogens is 711 g/mol. The van der Waals surface area contributed by atoms with Gasteiger partial charge in [0.25, 0.3) is 0 Å². The summed E-state index contributed by atoms with van der Waals surface area (Å²) in [6.45, 7) is 17.9. The molecular formula is C58H53N. The first kappa shape index (κ1) is 38.1. The van der Waals surface area contributed by atoms with Crippen molar-refractivity contribution in [3.63, 3.8) is 0 Å². The number of anilines is 3. The molecule has 290 valence electrons. The van der Waals surface area contributed by atoms with E-state index in [1.807, 2.05) is 13.8 Å². The lowest BCUT2D eigenvalue weighted by Gasteiger charge is -2.31. The van der Waals surface area contributed by atoms with E-state index in [4.69, 9.17) is 0 Å². The summed E-state index contributed by atoms with van der Waals surface area (Å²) in [4.78, 5) is 2.51. The number of fused-ring (bicyclic) bond motifs is 6. The smallest absolute Gasteiger partial charge is 0.0543 e. The fourth-order valence-electron chi connectivity index (χ4n) is 9.95. The minimum absolute atomic E-state index is 0.0398. The standard InChI is InChI=1S/C56H47N.C2H6/c1-36-16-7-8-17-42(36)43-32-28-39(34-37(43)2)38-26-30-41(31-27-38)57(53-25-15-23-51-54(53)46-20-10-13-22-49(46)56(51,5)6)52-24-14-11-18-44(52)40-29-33-50-47(35-40)45-19-9-12-21-48(45)55(50,3)4;1-2/h7-35H,1-6H3;1-2H3. The lowest BCUT2D eigenvalue weighted by molar-refractivity contribution is 0.660. The quantitative estimate of drug-likeness (QED) is 0.163. The van der Waals surface area contributed by atoms with Gasteiger partial charge in [0.1, 0.15) is 0 Å². The van der Waals surface area contributed by atoms with E-state index in [0.29, 0.717) is 0 Å². The van der Waals surface area contributed by atoms with Gasteiger partial charge < -0.3 is 4.90 Å². The highest BCUT2D eigenvalue weighted by molar-refractivity contribution is 5.98. The molecule has 1 nitrogen and oxygen atoms in total. The molecule has 10 rings (SSSR count). The van der Waals surface area contributed by atoms with E-state index in [1.54, 1.807) is 0 Å². The summed E-state index contributed by atoms with van der Waals surface area (Å²) >= 11 is 0. The monoisotopic (exact) mass is 763 g/mol. The fourth-order valence-corrected chi connectivity index (χ4v) is 9.95. The molecule has 8 aromatic rings. The Hall–Kier alpha value is -6.44. The summed E-state index contributed by atoms with van der Waals surface area (Å²) in [5.74, 6) is 0. The van der Waals surface area contributed by atoms with Gasteiger partial charge in [-0.3, -0.25) is 0 Å². The number of hydrogen-bond acceptors (Lipinski definition) is 1. The Bertz CT molecular complexity index is 2870. The van der Waals surface area contributed by atoms with Crippen LogP contribution in [-0.4, -0.2) is 0 Å². The van der Waals surface area contributed by atoms with Gasteiger partial charge in [-0.05, 0) is 122 Å². The van der Waals surface area contributed by atoms with Crippen LogP contribution in [0.2, 0.25) is 0 Å². The topological polar surface area (TPSA) is 3.24 Å². The molecule has 1 heteroatoms. The minimum atomic E-state index is -0.112. The second-order valence-corrected chi connectivity index (χ2v) is 17.0. The SMILES string of the molecule is CC.Cc1ccccc1-c1ccc(-c2ccc(N(c3ccccc3-c3ccc4c(c3)-c3ccccc3C4(C)C)c3cccc4c3-c3ccccc3C4(C)C)cc2)cc1C. The highest BCUT2D eigenvalue weighted by Crippen LogP contribution is 2.55. The van der Waals surface area contributed by atoms with Crippen LogP contribution in [-0.2, 0) is 10.8 Å². The number of benzene rings is 8. The second-order valence-electron chi connectivity index (χ2n) is 17.0. The largest absolute Gasteiger partial charge is 0.309 e. The van der Waals surface area contributed by atoms with E-state index in [-0.39, 0.29) is 10.8 Å². The zero-order valence-electron chi connectivity index (χ0n) is 35.7. The first-order chi connectivity index (χ1) is 28.6. The molecule has 59 heavy (non-hydrogen) atoms. The van der Waals surface area contributed by atoms with Crippen LogP contribution in [0.15, 0.2) is 176 Å². The molecule has 2 aliphatic rings. The van der Waals surface area contributed by atoms with E-state index >= 15 is 0 Å². The summed E-state index contributed by atoms with van der Waals surface area (Å²) in [7, 11) is 0. The van der Waals surface area contributed by atoms with Crippen LogP contribution in [0.25, 0.3) is 55.6 Å². The molecule has 0 atom stereocenters. The summed E-state index contributed by atoms with van der Waals surface area (Å²) in [5, 5.41) is 0. The summed E-state index contributed by atoms with van der Waals surface area (Å²) in [6, 6.07) is 65.7. The molecule has 0 saturated carbocycles. The van der Waals surface area contributed by atoms with Crippen molar-refractivity contribution in [2.24, 2.45) is 0 Å². The minimum Gasteiger partial charge on any atom is -0.309 e. The Labute approximate surface area is 351 Å². The number of rotatable bonds is 6. The average Bonchev–Trinajstić information content (AvgIpc) is 3.65. The highest BCUT2D eigenvalue weighted by Gasteiger charge is 2.38. The third-order valence-electron chi connectivity index (χ3n) is 13.0. The van der Waals surface area contributed by atoms with E-state index in [0.717, 1.165) is 11.4 Å². The lowest BCUT2D eigenvalue weighted by Crippen LogP contribution is -2.16. The predicted molar refractivity (Wildman–Crippen MR) is 253 cm³/mol. The molecule has 0 saturated heterocycles. The molecule has 0 radical (unpaired) electrons. The third-order valence-corrected chi connectivity index (χ3v) is 13.0. The summed E-state index contributed by atoms with van der Waals surface area (Å²) in [6.07, 6.45) is 0. The molecule has 0 amide bonds. The van der Waals surface area contributed by atoms with Crippen molar-refractivity contribution < 1.29 is 0 Å². The van der Waals surface area contributed by atoms with Crippen LogP contribution in [0.1, 0.15) is 74.9 Å². The van der Waals surface area contributed by atoms with Crippen molar-refractivity contribution in [3.8, 4) is 55.6 Å². The number of hydrogen-bond donors (Lipinski definition) is 0. The maximum atomic E-state index is 2.51. The van der Waals surface area contributed by atoms with Gasteiger partial charge in [0, 0.05) is 27.6 Å². The van der Waals surface area contributed by atoms with Crippen LogP contribution in [0.3, 0.4) is 0 Å². The van der Waals surface area contributed by atoms with Gasteiger partial charge in [-0.25, -0.2) is 0 Å². The fraction of sp³-hybridized carbons (Fsp3) is 0.172. The van der Waals surface area contributed by atoms with Gasteiger partial charge in [0.05, 0.1) is 11.4 Å². The first-order valence-electron chi connectivity index (χ1n) is 21.3. The molecule has 0 heterocycles. The molecule has 0 spiro atoms. The van der Waals surface area contributed by atoms with Gasteiger partial charge in [0.2, 0.25) is 0 Å². The predicted octanol–water partition coefficient (Wildman–Crippen LogP) is 16.4. The normalized spacial score (nSPS) is 13.7. The molecule has 0 unspecified atom stereocenters. The highest BCUT2D eigenvalue weighted by atomic mass is 15.1. The van der Waals surface area contributed by atoms with Gasteiger partial charge in [-0.15, -0.1) is 0 Å². The van der Waals surface area contributed by atoms with E-state index in [1.165, 1.54) is 94.7 Å². The Balaban J connectivity index is 0.00000221. The molecule has 0 bridgehead atoms.